The second-order valence-corrected chi connectivity index (χ2v) is 3.88. The van der Waals surface area contributed by atoms with Gasteiger partial charge in [0.1, 0.15) is 0 Å². The third-order valence-corrected chi connectivity index (χ3v) is 2.99. The predicted octanol–water partition coefficient (Wildman–Crippen LogP) is 2.27. The van der Waals surface area contributed by atoms with Crippen LogP contribution in [0.15, 0.2) is 24.3 Å². The summed E-state index contributed by atoms with van der Waals surface area (Å²) < 4.78 is 0. The summed E-state index contributed by atoms with van der Waals surface area (Å²) >= 11 is 0. The van der Waals surface area contributed by atoms with Crippen molar-refractivity contribution >= 4 is 5.97 Å². The average Bonchev–Trinajstić information content (AvgIpc) is 2.39. The van der Waals surface area contributed by atoms with E-state index in [2.05, 4.69) is 12.1 Å². The molecule has 0 saturated heterocycles. The van der Waals surface area contributed by atoms with E-state index >= 15 is 0 Å². The van der Waals surface area contributed by atoms with E-state index < -0.39 is 5.97 Å². The van der Waals surface area contributed by atoms with Crippen LogP contribution in [0.3, 0.4) is 0 Å². The third-order valence-electron chi connectivity index (χ3n) is 2.99. The SMILES string of the molecule is O=C(O)C1CCc2ccccc2CC1. The Morgan fingerprint density at radius 1 is 1.14 bits per heavy atom. The van der Waals surface area contributed by atoms with Crippen LogP contribution in [0.4, 0.5) is 0 Å². The number of rotatable bonds is 1. The zero-order valence-electron chi connectivity index (χ0n) is 8.07. The Morgan fingerprint density at radius 3 is 2.07 bits per heavy atom. The van der Waals surface area contributed by atoms with E-state index in [1.165, 1.54) is 11.1 Å². The lowest BCUT2D eigenvalue weighted by Crippen LogP contribution is -2.13. The molecular weight excluding hydrogens is 176 g/mol. The molecule has 1 aliphatic rings. The molecule has 2 heteroatoms. The summed E-state index contributed by atoms with van der Waals surface area (Å²) in [6.45, 7) is 0. The monoisotopic (exact) mass is 190 g/mol. The maximum absolute atomic E-state index is 10.9. The summed E-state index contributed by atoms with van der Waals surface area (Å²) in [4.78, 5) is 10.9. The molecular formula is C12H14O2. The number of benzene rings is 1. The van der Waals surface area contributed by atoms with Crippen LogP contribution in [-0.2, 0) is 17.6 Å². The van der Waals surface area contributed by atoms with Crippen LogP contribution < -0.4 is 0 Å². The molecule has 14 heavy (non-hydrogen) atoms. The molecule has 0 atom stereocenters. The van der Waals surface area contributed by atoms with Crippen molar-refractivity contribution in [3.63, 3.8) is 0 Å². The first-order valence-electron chi connectivity index (χ1n) is 5.07. The highest BCUT2D eigenvalue weighted by Crippen LogP contribution is 2.24. The molecule has 1 aromatic rings. The van der Waals surface area contributed by atoms with Gasteiger partial charge in [0, 0.05) is 0 Å². The summed E-state index contributed by atoms with van der Waals surface area (Å²) in [6.07, 6.45) is 3.39. The van der Waals surface area contributed by atoms with Crippen LogP contribution >= 0.6 is 0 Å². The Hall–Kier alpha value is -1.31. The number of aryl methyl sites for hydroxylation is 2. The Morgan fingerprint density at radius 2 is 1.64 bits per heavy atom. The van der Waals surface area contributed by atoms with E-state index in [4.69, 9.17) is 5.11 Å². The molecule has 1 N–H and O–H groups in total. The van der Waals surface area contributed by atoms with E-state index in [9.17, 15) is 4.79 Å². The van der Waals surface area contributed by atoms with Crippen molar-refractivity contribution in [2.24, 2.45) is 5.92 Å². The molecule has 1 aliphatic carbocycles. The number of carbonyl (C=O) groups is 1. The molecule has 0 unspecified atom stereocenters. The number of carboxylic acids is 1. The van der Waals surface area contributed by atoms with Crippen LogP contribution in [0.1, 0.15) is 24.0 Å². The van der Waals surface area contributed by atoms with Gasteiger partial charge in [-0.15, -0.1) is 0 Å². The molecule has 0 aromatic heterocycles. The van der Waals surface area contributed by atoms with E-state index in [1.807, 2.05) is 12.1 Å². The summed E-state index contributed by atoms with van der Waals surface area (Å²) in [5.41, 5.74) is 2.66. The van der Waals surface area contributed by atoms with Gasteiger partial charge in [-0.05, 0) is 36.8 Å². The van der Waals surface area contributed by atoms with Crippen LogP contribution in [0.5, 0.6) is 0 Å². The second kappa shape index (κ2) is 3.82. The lowest BCUT2D eigenvalue weighted by Gasteiger charge is -2.06. The summed E-state index contributed by atoms with van der Waals surface area (Å²) in [5.74, 6) is -0.791. The number of hydrogen-bond acceptors (Lipinski definition) is 1. The van der Waals surface area contributed by atoms with Crippen molar-refractivity contribution in [3.8, 4) is 0 Å². The van der Waals surface area contributed by atoms with Gasteiger partial charge in [0.05, 0.1) is 5.92 Å². The minimum atomic E-state index is -0.641. The largest absolute Gasteiger partial charge is 0.481 e. The fraction of sp³-hybridized carbons (Fsp3) is 0.417. The third kappa shape index (κ3) is 1.79. The highest BCUT2D eigenvalue weighted by atomic mass is 16.4. The molecule has 0 fully saturated rings. The molecule has 2 nitrogen and oxygen atoms in total. The Labute approximate surface area is 83.6 Å². The van der Waals surface area contributed by atoms with E-state index in [0.29, 0.717) is 0 Å². The second-order valence-electron chi connectivity index (χ2n) is 3.88. The van der Waals surface area contributed by atoms with Crippen molar-refractivity contribution in [1.29, 1.82) is 0 Å². The first-order chi connectivity index (χ1) is 6.77. The van der Waals surface area contributed by atoms with Gasteiger partial charge >= 0.3 is 5.97 Å². The fourth-order valence-electron chi connectivity index (χ4n) is 2.10. The zero-order chi connectivity index (χ0) is 9.97. The molecule has 1 aromatic carbocycles. The van der Waals surface area contributed by atoms with Gasteiger partial charge < -0.3 is 5.11 Å². The molecule has 0 amide bonds. The molecule has 2 rings (SSSR count). The van der Waals surface area contributed by atoms with Crippen molar-refractivity contribution < 1.29 is 9.90 Å². The van der Waals surface area contributed by atoms with Crippen LogP contribution in [0.25, 0.3) is 0 Å². The quantitative estimate of drug-likeness (QED) is 0.690. The highest BCUT2D eigenvalue weighted by Gasteiger charge is 2.21. The van der Waals surface area contributed by atoms with Gasteiger partial charge in [0.25, 0.3) is 0 Å². The molecule has 0 saturated carbocycles. The Kier molecular flexibility index (Phi) is 2.53. The topological polar surface area (TPSA) is 37.3 Å². The molecule has 0 bridgehead atoms. The van der Waals surface area contributed by atoms with Gasteiger partial charge in [-0.25, -0.2) is 0 Å². The van der Waals surface area contributed by atoms with Crippen LogP contribution in [0.2, 0.25) is 0 Å². The van der Waals surface area contributed by atoms with Crippen molar-refractivity contribution in [2.45, 2.75) is 25.7 Å². The highest BCUT2D eigenvalue weighted by molar-refractivity contribution is 5.70. The Balaban J connectivity index is 2.18. The maximum Gasteiger partial charge on any atom is 0.306 e. The van der Waals surface area contributed by atoms with Gasteiger partial charge in [-0.3, -0.25) is 4.79 Å². The molecule has 0 heterocycles. The normalized spacial score (nSPS) is 17.1. The van der Waals surface area contributed by atoms with Crippen molar-refractivity contribution in [1.82, 2.24) is 0 Å². The lowest BCUT2D eigenvalue weighted by molar-refractivity contribution is -0.142. The Bertz CT molecular complexity index is 317. The van der Waals surface area contributed by atoms with E-state index in [0.717, 1.165) is 25.7 Å². The fourth-order valence-corrected chi connectivity index (χ4v) is 2.10. The summed E-state index contributed by atoms with van der Waals surface area (Å²) in [7, 11) is 0. The summed E-state index contributed by atoms with van der Waals surface area (Å²) in [6, 6.07) is 8.28. The molecule has 0 spiro atoms. The van der Waals surface area contributed by atoms with Gasteiger partial charge in [0.2, 0.25) is 0 Å². The smallest absolute Gasteiger partial charge is 0.306 e. The van der Waals surface area contributed by atoms with Crippen LogP contribution in [0, 0.1) is 5.92 Å². The number of aliphatic carboxylic acids is 1. The van der Waals surface area contributed by atoms with Crippen LogP contribution in [-0.4, -0.2) is 11.1 Å². The lowest BCUT2D eigenvalue weighted by atomic mass is 10.0. The standard InChI is InChI=1S/C12H14O2/c13-12(14)11-7-5-9-3-1-2-4-10(9)6-8-11/h1-4,11H,5-8H2,(H,13,14). The number of hydrogen-bond donors (Lipinski definition) is 1. The summed E-state index contributed by atoms with van der Waals surface area (Å²) in [5, 5.41) is 8.94. The molecule has 0 radical (unpaired) electrons. The number of fused-ring (bicyclic) bond motifs is 1. The van der Waals surface area contributed by atoms with Crippen molar-refractivity contribution in [3.05, 3.63) is 35.4 Å². The zero-order valence-corrected chi connectivity index (χ0v) is 8.07. The molecule has 74 valence electrons. The first kappa shape index (κ1) is 9.25. The average molecular weight is 190 g/mol. The van der Waals surface area contributed by atoms with E-state index in [-0.39, 0.29) is 5.92 Å². The van der Waals surface area contributed by atoms with E-state index in [1.54, 1.807) is 0 Å². The molecule has 0 aliphatic heterocycles. The predicted molar refractivity (Wildman–Crippen MR) is 54.2 cm³/mol. The maximum atomic E-state index is 10.9. The minimum Gasteiger partial charge on any atom is -0.481 e. The first-order valence-corrected chi connectivity index (χ1v) is 5.07. The van der Waals surface area contributed by atoms with Crippen molar-refractivity contribution in [2.75, 3.05) is 0 Å². The van der Waals surface area contributed by atoms with Gasteiger partial charge in [-0.2, -0.15) is 0 Å². The van der Waals surface area contributed by atoms with Gasteiger partial charge in [0.15, 0.2) is 0 Å². The minimum absolute atomic E-state index is 0.151. The number of carboxylic acid groups (broad SMARTS) is 1. The van der Waals surface area contributed by atoms with Gasteiger partial charge in [-0.1, -0.05) is 24.3 Å².